The minimum absolute atomic E-state index is 0.981. The molecule has 2 aromatic heterocycles. The third-order valence-electron chi connectivity index (χ3n) is 3.17. The molecule has 21 heavy (non-hydrogen) atoms. The quantitative estimate of drug-likeness (QED) is 0.696. The van der Waals surface area contributed by atoms with Gasteiger partial charge in [0.25, 0.3) is 0 Å². The number of aromatic nitrogens is 2. The smallest absolute Gasteiger partial charge is 0.143 e. The lowest BCUT2D eigenvalue weighted by Crippen LogP contribution is -2.15. The first-order chi connectivity index (χ1) is 10.4. The van der Waals surface area contributed by atoms with Crippen LogP contribution in [0.3, 0.4) is 0 Å². The highest BCUT2D eigenvalue weighted by Crippen LogP contribution is 2.33. The van der Waals surface area contributed by atoms with E-state index in [9.17, 15) is 0 Å². The van der Waals surface area contributed by atoms with Crippen LogP contribution in [0.25, 0.3) is 22.0 Å². The average molecular weight is 315 g/mol. The highest BCUT2D eigenvalue weighted by molar-refractivity contribution is 7.16. The lowest BCUT2D eigenvalue weighted by molar-refractivity contribution is 0.721. The van der Waals surface area contributed by atoms with E-state index in [4.69, 9.17) is 4.98 Å². The second kappa shape index (κ2) is 6.93. The molecule has 0 saturated heterocycles. The standard InChI is InChI=1S/C16H17N3S2/c1-2-17-9-8-14-15(12-6-4-3-5-7-12)19-16(21-14)13-10-20-11-18-13/h3-7,10-11,17H,2,8-9H2,1H3. The number of benzene rings is 1. The molecule has 3 nitrogen and oxygen atoms in total. The first-order valence-corrected chi connectivity index (χ1v) is 8.79. The summed E-state index contributed by atoms with van der Waals surface area (Å²) in [7, 11) is 0. The van der Waals surface area contributed by atoms with Crippen molar-refractivity contribution in [3.63, 3.8) is 0 Å². The van der Waals surface area contributed by atoms with Crippen molar-refractivity contribution in [1.29, 1.82) is 0 Å². The number of nitrogens with one attached hydrogen (secondary N) is 1. The summed E-state index contributed by atoms with van der Waals surface area (Å²) in [5, 5.41) is 6.46. The Labute approximate surface area is 132 Å². The molecule has 0 aliphatic heterocycles. The van der Waals surface area contributed by atoms with Crippen molar-refractivity contribution in [2.45, 2.75) is 13.3 Å². The van der Waals surface area contributed by atoms with Gasteiger partial charge in [-0.25, -0.2) is 9.97 Å². The molecule has 108 valence electrons. The summed E-state index contributed by atoms with van der Waals surface area (Å²) >= 11 is 3.37. The normalized spacial score (nSPS) is 10.9. The number of rotatable bonds is 6. The van der Waals surface area contributed by atoms with Gasteiger partial charge in [0.15, 0.2) is 0 Å². The molecule has 0 spiro atoms. The number of hydrogen-bond acceptors (Lipinski definition) is 5. The highest BCUT2D eigenvalue weighted by atomic mass is 32.1. The number of hydrogen-bond donors (Lipinski definition) is 1. The predicted molar refractivity (Wildman–Crippen MR) is 90.9 cm³/mol. The van der Waals surface area contributed by atoms with Crippen LogP contribution in [0.4, 0.5) is 0 Å². The zero-order valence-electron chi connectivity index (χ0n) is 11.9. The third-order valence-corrected chi connectivity index (χ3v) is 4.90. The largest absolute Gasteiger partial charge is 0.317 e. The van der Waals surface area contributed by atoms with Crippen LogP contribution >= 0.6 is 22.7 Å². The molecular formula is C16H17N3S2. The molecule has 2 heterocycles. The molecule has 0 amide bonds. The Morgan fingerprint density at radius 2 is 2.05 bits per heavy atom. The van der Waals surface area contributed by atoms with Crippen LogP contribution in [0.1, 0.15) is 11.8 Å². The fourth-order valence-electron chi connectivity index (χ4n) is 2.15. The van der Waals surface area contributed by atoms with E-state index in [-0.39, 0.29) is 0 Å². The van der Waals surface area contributed by atoms with Crippen molar-refractivity contribution in [2.75, 3.05) is 13.1 Å². The minimum Gasteiger partial charge on any atom is -0.317 e. The summed E-state index contributed by atoms with van der Waals surface area (Å²) < 4.78 is 0. The van der Waals surface area contributed by atoms with Gasteiger partial charge in [-0.2, -0.15) is 0 Å². The first kappa shape index (κ1) is 14.4. The van der Waals surface area contributed by atoms with E-state index in [1.165, 1.54) is 10.4 Å². The lowest BCUT2D eigenvalue weighted by Gasteiger charge is -2.03. The SMILES string of the molecule is CCNCCc1sc(-c2cscn2)nc1-c1ccccc1. The van der Waals surface area contributed by atoms with Crippen LogP contribution in [-0.4, -0.2) is 23.1 Å². The molecule has 0 radical (unpaired) electrons. The zero-order valence-corrected chi connectivity index (χ0v) is 13.5. The minimum atomic E-state index is 0.981. The number of thiazole rings is 2. The van der Waals surface area contributed by atoms with Gasteiger partial charge in [0.2, 0.25) is 0 Å². The van der Waals surface area contributed by atoms with Crippen molar-refractivity contribution in [3.05, 3.63) is 46.1 Å². The van der Waals surface area contributed by atoms with Gasteiger partial charge >= 0.3 is 0 Å². The van der Waals surface area contributed by atoms with Gasteiger partial charge in [-0.15, -0.1) is 22.7 Å². The van der Waals surface area contributed by atoms with Crippen LogP contribution in [0.2, 0.25) is 0 Å². The highest BCUT2D eigenvalue weighted by Gasteiger charge is 2.14. The Morgan fingerprint density at radius 3 is 2.76 bits per heavy atom. The Morgan fingerprint density at radius 1 is 1.19 bits per heavy atom. The Hall–Kier alpha value is -1.56. The van der Waals surface area contributed by atoms with Crippen molar-refractivity contribution >= 4 is 22.7 Å². The van der Waals surface area contributed by atoms with Crippen LogP contribution in [0.5, 0.6) is 0 Å². The van der Waals surface area contributed by atoms with E-state index in [0.717, 1.165) is 35.9 Å². The van der Waals surface area contributed by atoms with E-state index < -0.39 is 0 Å². The maximum atomic E-state index is 4.84. The molecule has 0 aliphatic carbocycles. The number of nitrogens with zero attached hydrogens (tertiary/aromatic N) is 2. The predicted octanol–water partition coefficient (Wildman–Crippen LogP) is 4.09. The topological polar surface area (TPSA) is 37.8 Å². The van der Waals surface area contributed by atoms with Crippen molar-refractivity contribution in [1.82, 2.24) is 15.3 Å². The zero-order chi connectivity index (χ0) is 14.5. The van der Waals surface area contributed by atoms with Crippen molar-refractivity contribution in [3.8, 4) is 22.0 Å². The molecule has 5 heteroatoms. The maximum Gasteiger partial charge on any atom is 0.143 e. The van der Waals surface area contributed by atoms with Gasteiger partial charge in [0.05, 0.1) is 11.2 Å². The summed E-state index contributed by atoms with van der Waals surface area (Å²) in [4.78, 5) is 10.5. The van der Waals surface area contributed by atoms with E-state index in [1.807, 2.05) is 11.6 Å². The van der Waals surface area contributed by atoms with Crippen LogP contribution in [0, 0.1) is 0 Å². The molecule has 0 saturated carbocycles. The molecule has 0 bridgehead atoms. The van der Waals surface area contributed by atoms with Gasteiger partial charge in [-0.05, 0) is 13.0 Å². The Bertz CT molecular complexity index is 675. The van der Waals surface area contributed by atoms with Crippen molar-refractivity contribution in [2.24, 2.45) is 0 Å². The summed E-state index contributed by atoms with van der Waals surface area (Å²) in [6.45, 7) is 4.11. The molecule has 0 atom stereocenters. The lowest BCUT2D eigenvalue weighted by atomic mass is 10.1. The Kier molecular flexibility index (Phi) is 4.75. The summed E-state index contributed by atoms with van der Waals surface area (Å²) in [6.07, 6.45) is 1.000. The third kappa shape index (κ3) is 3.37. The first-order valence-electron chi connectivity index (χ1n) is 7.03. The fraction of sp³-hybridized carbons (Fsp3) is 0.250. The monoisotopic (exact) mass is 315 g/mol. The summed E-state index contributed by atoms with van der Waals surface area (Å²) in [5.74, 6) is 0. The summed E-state index contributed by atoms with van der Waals surface area (Å²) in [5.41, 5.74) is 5.12. The molecular weight excluding hydrogens is 298 g/mol. The second-order valence-electron chi connectivity index (χ2n) is 4.63. The van der Waals surface area contributed by atoms with Gasteiger partial charge < -0.3 is 5.32 Å². The van der Waals surface area contributed by atoms with E-state index >= 15 is 0 Å². The number of likely N-dealkylation sites (N-methyl/N-ethyl adjacent to an activating group) is 1. The van der Waals surface area contributed by atoms with Crippen LogP contribution in [0.15, 0.2) is 41.2 Å². The fourth-order valence-corrected chi connectivity index (χ4v) is 3.81. The van der Waals surface area contributed by atoms with Crippen LogP contribution in [-0.2, 0) is 6.42 Å². The van der Waals surface area contributed by atoms with Crippen LogP contribution < -0.4 is 5.32 Å². The van der Waals surface area contributed by atoms with Gasteiger partial charge in [0, 0.05) is 22.4 Å². The van der Waals surface area contributed by atoms with E-state index in [1.54, 1.807) is 22.7 Å². The maximum absolute atomic E-state index is 4.84. The van der Waals surface area contributed by atoms with Gasteiger partial charge in [-0.1, -0.05) is 37.3 Å². The van der Waals surface area contributed by atoms with Gasteiger partial charge in [0.1, 0.15) is 10.7 Å². The molecule has 1 N–H and O–H groups in total. The van der Waals surface area contributed by atoms with E-state index in [2.05, 4.69) is 46.9 Å². The van der Waals surface area contributed by atoms with E-state index in [0.29, 0.717) is 0 Å². The molecule has 0 fully saturated rings. The van der Waals surface area contributed by atoms with Gasteiger partial charge in [-0.3, -0.25) is 0 Å². The van der Waals surface area contributed by atoms with Crippen molar-refractivity contribution < 1.29 is 0 Å². The molecule has 0 unspecified atom stereocenters. The molecule has 1 aromatic carbocycles. The average Bonchev–Trinajstić information content (AvgIpc) is 3.18. The second-order valence-corrected chi connectivity index (χ2v) is 6.44. The summed E-state index contributed by atoms with van der Waals surface area (Å²) in [6, 6.07) is 10.4. The Balaban J connectivity index is 1.96. The molecule has 3 rings (SSSR count). The molecule has 3 aromatic rings. The molecule has 0 aliphatic rings.